The molecule has 0 fully saturated rings. The van der Waals surface area contributed by atoms with Crippen LogP contribution < -0.4 is 0 Å². The van der Waals surface area contributed by atoms with Crippen molar-refractivity contribution >= 4 is 51.6 Å². The first-order valence-corrected chi connectivity index (χ1v) is 16.6. The van der Waals surface area contributed by atoms with E-state index in [0.29, 0.717) is 5.57 Å². The van der Waals surface area contributed by atoms with Gasteiger partial charge in [0.15, 0.2) is 0 Å². The van der Waals surface area contributed by atoms with E-state index < -0.39 is 28.1 Å². The van der Waals surface area contributed by atoms with Crippen molar-refractivity contribution in [2.24, 2.45) is 0 Å². The maximum absolute atomic E-state index is 12.0. The fourth-order valence-electron chi connectivity index (χ4n) is 1.49. The molecular weight excluding hydrogens is 401 g/mol. The Kier molecular flexibility index (Phi) is 7.91. The van der Waals surface area contributed by atoms with Crippen molar-refractivity contribution in [2.75, 3.05) is 14.2 Å². The molecule has 0 radical (unpaired) electrons. The van der Waals surface area contributed by atoms with E-state index in [1.807, 2.05) is 0 Å². The Bertz CT molecular complexity index is 727. The van der Waals surface area contributed by atoms with Crippen LogP contribution in [0.15, 0.2) is 19.6 Å². The zero-order chi connectivity index (χ0) is 20.1. The molecule has 1 heterocycles. The van der Waals surface area contributed by atoms with Gasteiger partial charge in [-0.2, -0.15) is 0 Å². The molecule has 1 rings (SSSR count). The molecule has 0 spiro atoms. The number of carbonyl (C=O) groups excluding carboxylic acids is 2. The predicted molar refractivity (Wildman–Crippen MR) is 116 cm³/mol. The van der Waals surface area contributed by atoms with E-state index in [9.17, 15) is 9.59 Å². The molecular formula is C18H24O4S2Si2. The minimum absolute atomic E-state index is 0.224. The number of hydrogen-bond acceptors (Lipinski definition) is 6. The van der Waals surface area contributed by atoms with Crippen LogP contribution in [0.5, 0.6) is 0 Å². The van der Waals surface area contributed by atoms with Crippen LogP contribution in [0.1, 0.15) is 0 Å². The van der Waals surface area contributed by atoms with Gasteiger partial charge in [-0.1, -0.05) is 74.6 Å². The van der Waals surface area contributed by atoms with Gasteiger partial charge in [0.05, 0.1) is 24.0 Å². The van der Waals surface area contributed by atoms with Crippen molar-refractivity contribution in [3.8, 4) is 22.9 Å². The SMILES string of the molecule is COC(=O)C1=C(C(=O)OC)SC(=C(C#C[Si](C)(C)C)C#C[Si](C)(C)C)S1. The highest BCUT2D eigenvalue weighted by atomic mass is 32.2. The topological polar surface area (TPSA) is 52.6 Å². The number of carbonyl (C=O) groups is 2. The second-order valence-corrected chi connectivity index (χ2v) is 19.3. The third-order valence-electron chi connectivity index (χ3n) is 2.67. The first-order valence-electron chi connectivity index (χ1n) is 7.95. The molecule has 0 unspecified atom stereocenters. The summed E-state index contributed by atoms with van der Waals surface area (Å²) < 4.78 is 10.3. The normalized spacial score (nSPS) is 14.1. The quantitative estimate of drug-likeness (QED) is 0.379. The Morgan fingerprint density at radius 1 is 0.769 bits per heavy atom. The molecule has 1 aliphatic rings. The number of ether oxygens (including phenoxy) is 2. The van der Waals surface area contributed by atoms with Gasteiger partial charge in [-0.05, 0) is 0 Å². The molecule has 26 heavy (non-hydrogen) atoms. The summed E-state index contributed by atoms with van der Waals surface area (Å²) >= 11 is 2.35. The van der Waals surface area contributed by atoms with Gasteiger partial charge in [0.2, 0.25) is 0 Å². The Hall–Kier alpha value is -1.33. The minimum Gasteiger partial charge on any atom is -0.465 e. The van der Waals surface area contributed by atoms with Crippen LogP contribution in [0.2, 0.25) is 39.3 Å². The van der Waals surface area contributed by atoms with Crippen LogP contribution in [0.3, 0.4) is 0 Å². The second kappa shape index (κ2) is 9.05. The molecule has 4 nitrogen and oxygen atoms in total. The molecule has 0 atom stereocenters. The van der Waals surface area contributed by atoms with Crippen LogP contribution in [0.4, 0.5) is 0 Å². The van der Waals surface area contributed by atoms with E-state index in [-0.39, 0.29) is 9.81 Å². The number of hydrogen-bond donors (Lipinski definition) is 0. The van der Waals surface area contributed by atoms with Crippen LogP contribution in [0, 0.1) is 22.9 Å². The highest BCUT2D eigenvalue weighted by Crippen LogP contribution is 2.51. The molecule has 0 saturated heterocycles. The van der Waals surface area contributed by atoms with E-state index in [1.165, 1.54) is 37.7 Å². The Balaban J connectivity index is 3.46. The van der Waals surface area contributed by atoms with Gasteiger partial charge >= 0.3 is 11.9 Å². The summed E-state index contributed by atoms with van der Waals surface area (Å²) in [4.78, 5) is 24.5. The second-order valence-electron chi connectivity index (χ2n) is 7.51. The number of esters is 2. The number of thioether (sulfide) groups is 2. The summed E-state index contributed by atoms with van der Waals surface area (Å²) in [7, 11) is -0.637. The third kappa shape index (κ3) is 7.12. The summed E-state index contributed by atoms with van der Waals surface area (Å²) in [6, 6.07) is 0. The maximum Gasteiger partial charge on any atom is 0.346 e. The molecule has 0 aromatic rings. The smallest absolute Gasteiger partial charge is 0.346 e. The van der Waals surface area contributed by atoms with Crippen molar-refractivity contribution < 1.29 is 19.1 Å². The van der Waals surface area contributed by atoms with Crippen LogP contribution in [-0.4, -0.2) is 42.3 Å². The first-order chi connectivity index (χ1) is 11.9. The predicted octanol–water partition coefficient (Wildman–Crippen LogP) is 4.00. The molecule has 0 N–H and O–H groups in total. The monoisotopic (exact) mass is 424 g/mol. The summed E-state index contributed by atoms with van der Waals surface area (Å²) in [5.74, 6) is 5.27. The lowest BCUT2D eigenvalue weighted by Crippen LogP contribution is -2.17. The number of allylic oxidation sites excluding steroid dienone is 1. The van der Waals surface area contributed by atoms with E-state index in [4.69, 9.17) is 9.47 Å². The molecule has 140 valence electrons. The van der Waals surface area contributed by atoms with Crippen molar-refractivity contribution in [3.63, 3.8) is 0 Å². The molecule has 8 heteroatoms. The zero-order valence-corrected chi connectivity index (χ0v) is 20.1. The van der Waals surface area contributed by atoms with E-state index in [2.05, 4.69) is 62.2 Å². The zero-order valence-electron chi connectivity index (χ0n) is 16.4. The molecule has 0 bridgehead atoms. The standard InChI is InChI=1S/C18H24O4S2Si2/c1-21-16(19)14-15(17(20)22-2)24-18(23-14)13(9-11-25(3,4)5)10-12-26(6,7)8/h1-8H3. The van der Waals surface area contributed by atoms with Crippen molar-refractivity contribution in [3.05, 3.63) is 19.6 Å². The molecule has 0 aromatic heterocycles. The van der Waals surface area contributed by atoms with Crippen LogP contribution >= 0.6 is 23.5 Å². The van der Waals surface area contributed by atoms with Crippen molar-refractivity contribution in [1.82, 2.24) is 0 Å². The summed E-state index contributed by atoms with van der Waals surface area (Å²) in [5.41, 5.74) is 7.29. The van der Waals surface area contributed by atoms with Gasteiger partial charge in [-0.15, -0.1) is 11.1 Å². The van der Waals surface area contributed by atoms with Gasteiger partial charge < -0.3 is 9.47 Å². The first kappa shape index (κ1) is 22.7. The fourth-order valence-corrected chi connectivity index (χ4v) is 4.87. The highest BCUT2D eigenvalue weighted by Gasteiger charge is 2.33. The Morgan fingerprint density at radius 2 is 1.12 bits per heavy atom. The number of methoxy groups -OCH3 is 2. The van der Waals surface area contributed by atoms with Gasteiger partial charge in [-0.3, -0.25) is 0 Å². The van der Waals surface area contributed by atoms with Gasteiger partial charge in [0.1, 0.15) is 26.0 Å². The summed E-state index contributed by atoms with van der Waals surface area (Å²) in [6.07, 6.45) is 0. The fraction of sp³-hybridized carbons (Fsp3) is 0.444. The lowest BCUT2D eigenvalue weighted by molar-refractivity contribution is -0.138. The Morgan fingerprint density at radius 3 is 1.38 bits per heavy atom. The highest BCUT2D eigenvalue weighted by molar-refractivity contribution is 8.29. The minimum atomic E-state index is -1.60. The molecule has 0 saturated carbocycles. The summed E-state index contributed by atoms with van der Waals surface area (Å²) in [5, 5.41) is 0. The van der Waals surface area contributed by atoms with E-state index >= 15 is 0 Å². The summed E-state index contributed by atoms with van der Waals surface area (Å²) in [6.45, 7) is 12.9. The average Bonchev–Trinajstić information content (AvgIpc) is 2.96. The van der Waals surface area contributed by atoms with E-state index in [1.54, 1.807) is 0 Å². The van der Waals surface area contributed by atoms with Crippen LogP contribution in [-0.2, 0) is 19.1 Å². The van der Waals surface area contributed by atoms with Crippen molar-refractivity contribution in [1.29, 1.82) is 0 Å². The lowest BCUT2D eigenvalue weighted by Gasteiger charge is -2.06. The number of rotatable bonds is 2. The molecule has 0 aliphatic carbocycles. The van der Waals surface area contributed by atoms with Crippen molar-refractivity contribution in [2.45, 2.75) is 39.3 Å². The van der Waals surface area contributed by atoms with Crippen LogP contribution in [0.25, 0.3) is 0 Å². The third-order valence-corrected chi connectivity index (χ3v) is 6.97. The van der Waals surface area contributed by atoms with Gasteiger partial charge in [0.25, 0.3) is 0 Å². The molecule has 1 aliphatic heterocycles. The largest absolute Gasteiger partial charge is 0.465 e. The molecule has 0 aromatic carbocycles. The maximum atomic E-state index is 12.0. The molecule has 0 amide bonds. The Labute approximate surface area is 166 Å². The van der Waals surface area contributed by atoms with Gasteiger partial charge in [-0.25, -0.2) is 9.59 Å². The van der Waals surface area contributed by atoms with Gasteiger partial charge in [0, 0.05) is 0 Å². The van der Waals surface area contributed by atoms with E-state index in [0.717, 1.165) is 4.24 Å². The average molecular weight is 425 g/mol. The lowest BCUT2D eigenvalue weighted by atomic mass is 10.3.